The highest BCUT2D eigenvalue weighted by atomic mass is 32.2. The summed E-state index contributed by atoms with van der Waals surface area (Å²) in [4.78, 5) is 12.3. The first-order valence-electron chi connectivity index (χ1n) is 8.22. The molecule has 128 valence electrons. The highest BCUT2D eigenvalue weighted by Gasteiger charge is 2.25. The maximum atomic E-state index is 4.42. The SMILES string of the molecule is CN=C(NCc1ncnn1C)N1CCC(CSc2ccccc2)C1. The maximum absolute atomic E-state index is 4.42. The van der Waals surface area contributed by atoms with Gasteiger partial charge >= 0.3 is 0 Å². The Labute approximate surface area is 147 Å². The van der Waals surface area contributed by atoms with Crippen molar-refractivity contribution in [2.24, 2.45) is 18.0 Å². The van der Waals surface area contributed by atoms with E-state index in [1.807, 2.05) is 25.9 Å². The summed E-state index contributed by atoms with van der Waals surface area (Å²) in [6.45, 7) is 2.75. The van der Waals surface area contributed by atoms with Gasteiger partial charge in [0.25, 0.3) is 0 Å². The third-order valence-corrected chi connectivity index (χ3v) is 5.48. The summed E-state index contributed by atoms with van der Waals surface area (Å²) in [5.41, 5.74) is 0. The monoisotopic (exact) mass is 344 g/mol. The highest BCUT2D eigenvalue weighted by Crippen LogP contribution is 2.25. The van der Waals surface area contributed by atoms with Crippen LogP contribution in [0.15, 0.2) is 46.5 Å². The van der Waals surface area contributed by atoms with Gasteiger partial charge in [0, 0.05) is 37.8 Å². The predicted molar refractivity (Wildman–Crippen MR) is 98.0 cm³/mol. The van der Waals surface area contributed by atoms with E-state index in [2.05, 4.69) is 55.6 Å². The standard InChI is InChI=1S/C17H24N6S/c1-18-17(19-10-16-20-13-21-22(16)2)23-9-8-14(11-23)12-24-15-6-4-3-5-7-15/h3-7,13-14H,8-12H2,1-2H3,(H,18,19). The van der Waals surface area contributed by atoms with Gasteiger partial charge in [-0.25, -0.2) is 4.98 Å². The molecule has 1 aromatic carbocycles. The summed E-state index contributed by atoms with van der Waals surface area (Å²) in [6, 6.07) is 10.6. The zero-order chi connectivity index (χ0) is 16.8. The zero-order valence-corrected chi connectivity index (χ0v) is 15.0. The van der Waals surface area contributed by atoms with Crippen molar-refractivity contribution in [3.8, 4) is 0 Å². The van der Waals surface area contributed by atoms with E-state index in [1.54, 1.807) is 11.0 Å². The summed E-state index contributed by atoms with van der Waals surface area (Å²) in [7, 11) is 3.74. The number of guanidine groups is 1. The first-order valence-corrected chi connectivity index (χ1v) is 9.21. The number of rotatable bonds is 5. The van der Waals surface area contributed by atoms with E-state index in [4.69, 9.17) is 0 Å². The van der Waals surface area contributed by atoms with Crippen LogP contribution >= 0.6 is 11.8 Å². The molecule has 1 aromatic heterocycles. The Morgan fingerprint density at radius 3 is 2.92 bits per heavy atom. The van der Waals surface area contributed by atoms with Crippen LogP contribution in [-0.2, 0) is 13.6 Å². The second-order valence-corrected chi connectivity index (χ2v) is 7.02. The number of thioether (sulfide) groups is 1. The predicted octanol–water partition coefficient (Wildman–Crippen LogP) is 2.00. The second-order valence-electron chi connectivity index (χ2n) is 5.93. The molecule has 1 aliphatic heterocycles. The van der Waals surface area contributed by atoms with E-state index in [-0.39, 0.29) is 0 Å². The lowest BCUT2D eigenvalue weighted by Crippen LogP contribution is -2.40. The summed E-state index contributed by atoms with van der Waals surface area (Å²) < 4.78 is 1.78. The number of nitrogens with zero attached hydrogens (tertiary/aromatic N) is 5. The molecule has 1 atom stereocenters. The fourth-order valence-electron chi connectivity index (χ4n) is 2.86. The summed E-state index contributed by atoms with van der Waals surface area (Å²) in [6.07, 6.45) is 2.79. The molecule has 1 saturated heterocycles. The Kier molecular flexibility index (Phi) is 5.74. The molecule has 7 heteroatoms. The average molecular weight is 344 g/mol. The van der Waals surface area contributed by atoms with Crippen LogP contribution in [0.1, 0.15) is 12.2 Å². The fraction of sp³-hybridized carbons (Fsp3) is 0.471. The Morgan fingerprint density at radius 1 is 1.38 bits per heavy atom. The van der Waals surface area contributed by atoms with Crippen molar-refractivity contribution in [3.05, 3.63) is 42.5 Å². The lowest BCUT2D eigenvalue weighted by atomic mass is 10.2. The van der Waals surface area contributed by atoms with Crippen molar-refractivity contribution in [1.29, 1.82) is 0 Å². The van der Waals surface area contributed by atoms with E-state index < -0.39 is 0 Å². The van der Waals surface area contributed by atoms with E-state index in [0.29, 0.717) is 12.5 Å². The number of hydrogen-bond donors (Lipinski definition) is 1. The lowest BCUT2D eigenvalue weighted by molar-refractivity contribution is 0.471. The number of hydrogen-bond acceptors (Lipinski definition) is 4. The van der Waals surface area contributed by atoms with Crippen molar-refractivity contribution in [2.45, 2.75) is 17.9 Å². The topological polar surface area (TPSA) is 58.3 Å². The smallest absolute Gasteiger partial charge is 0.194 e. The van der Waals surface area contributed by atoms with Crippen molar-refractivity contribution < 1.29 is 0 Å². The number of aliphatic imine (C=N–C) groups is 1. The van der Waals surface area contributed by atoms with Crippen LogP contribution < -0.4 is 5.32 Å². The number of likely N-dealkylation sites (tertiary alicyclic amines) is 1. The highest BCUT2D eigenvalue weighted by molar-refractivity contribution is 7.99. The van der Waals surface area contributed by atoms with Gasteiger partial charge in [0.1, 0.15) is 12.2 Å². The summed E-state index contributed by atoms with van der Waals surface area (Å²) in [5.74, 6) is 3.71. The van der Waals surface area contributed by atoms with Gasteiger partial charge in [0.2, 0.25) is 0 Å². The number of aryl methyl sites for hydroxylation is 1. The van der Waals surface area contributed by atoms with Crippen molar-refractivity contribution >= 4 is 17.7 Å². The molecule has 0 aliphatic carbocycles. The molecular weight excluding hydrogens is 320 g/mol. The molecule has 0 spiro atoms. The average Bonchev–Trinajstić information content (AvgIpc) is 3.24. The molecule has 6 nitrogen and oxygen atoms in total. The van der Waals surface area contributed by atoms with Crippen LogP contribution in [0.3, 0.4) is 0 Å². The Morgan fingerprint density at radius 2 is 2.21 bits per heavy atom. The van der Waals surface area contributed by atoms with Gasteiger partial charge in [-0.15, -0.1) is 11.8 Å². The molecule has 1 aliphatic rings. The van der Waals surface area contributed by atoms with Gasteiger partial charge in [0.15, 0.2) is 5.96 Å². The lowest BCUT2D eigenvalue weighted by Gasteiger charge is -2.21. The summed E-state index contributed by atoms with van der Waals surface area (Å²) in [5, 5.41) is 7.49. The van der Waals surface area contributed by atoms with Crippen molar-refractivity contribution in [3.63, 3.8) is 0 Å². The van der Waals surface area contributed by atoms with Gasteiger partial charge in [0.05, 0.1) is 6.54 Å². The van der Waals surface area contributed by atoms with E-state index in [9.17, 15) is 0 Å². The molecule has 2 aromatic rings. The van der Waals surface area contributed by atoms with Crippen molar-refractivity contribution in [1.82, 2.24) is 25.0 Å². The number of benzene rings is 1. The summed E-state index contributed by atoms with van der Waals surface area (Å²) >= 11 is 1.94. The zero-order valence-electron chi connectivity index (χ0n) is 14.2. The minimum absolute atomic E-state index is 0.642. The molecule has 0 saturated carbocycles. The molecular formula is C17H24N6S. The van der Waals surface area contributed by atoms with Crippen molar-refractivity contribution in [2.75, 3.05) is 25.9 Å². The maximum Gasteiger partial charge on any atom is 0.194 e. The van der Waals surface area contributed by atoms with E-state index >= 15 is 0 Å². The molecule has 1 fully saturated rings. The molecule has 0 bridgehead atoms. The van der Waals surface area contributed by atoms with Gasteiger partial charge in [-0.2, -0.15) is 5.10 Å². The number of aromatic nitrogens is 3. The van der Waals surface area contributed by atoms with E-state index in [0.717, 1.165) is 30.6 Å². The molecule has 24 heavy (non-hydrogen) atoms. The molecule has 0 amide bonds. The molecule has 0 radical (unpaired) electrons. The van der Waals surface area contributed by atoms with Gasteiger partial charge in [-0.05, 0) is 24.5 Å². The third-order valence-electron chi connectivity index (χ3n) is 4.24. The van der Waals surface area contributed by atoms with Gasteiger partial charge in [-0.1, -0.05) is 18.2 Å². The van der Waals surface area contributed by atoms with Gasteiger partial charge in [-0.3, -0.25) is 9.67 Å². The van der Waals surface area contributed by atoms with Crippen LogP contribution in [0.4, 0.5) is 0 Å². The van der Waals surface area contributed by atoms with Crippen LogP contribution in [0.5, 0.6) is 0 Å². The first kappa shape index (κ1) is 16.8. The van der Waals surface area contributed by atoms with Crippen LogP contribution in [0, 0.1) is 5.92 Å². The largest absolute Gasteiger partial charge is 0.349 e. The van der Waals surface area contributed by atoms with Gasteiger partial charge < -0.3 is 10.2 Å². The second kappa shape index (κ2) is 8.19. The Bertz CT molecular complexity index is 669. The van der Waals surface area contributed by atoms with E-state index in [1.165, 1.54) is 11.3 Å². The van der Waals surface area contributed by atoms with Crippen LogP contribution in [-0.4, -0.2) is 51.5 Å². The minimum atomic E-state index is 0.642. The quantitative estimate of drug-likeness (QED) is 0.511. The molecule has 3 rings (SSSR count). The van der Waals surface area contributed by atoms with Crippen LogP contribution in [0.2, 0.25) is 0 Å². The molecule has 1 unspecified atom stereocenters. The minimum Gasteiger partial charge on any atom is -0.349 e. The Balaban J connectivity index is 1.47. The Hall–Kier alpha value is -2.02. The first-order chi connectivity index (χ1) is 11.8. The number of nitrogens with one attached hydrogen (secondary N) is 1. The van der Waals surface area contributed by atoms with Crippen LogP contribution in [0.25, 0.3) is 0 Å². The molecule has 1 N–H and O–H groups in total. The fourth-order valence-corrected chi connectivity index (χ4v) is 3.91. The molecule has 2 heterocycles. The third kappa shape index (κ3) is 4.29. The normalized spacial score (nSPS) is 18.2.